The molecule has 0 saturated carbocycles. The lowest BCUT2D eigenvalue weighted by Gasteiger charge is -2.28. The molecule has 0 atom stereocenters. The Balaban J connectivity index is 1.90. The van der Waals surface area contributed by atoms with Crippen LogP contribution >= 0.6 is 0 Å². The van der Waals surface area contributed by atoms with Gasteiger partial charge in [-0.2, -0.15) is 0 Å². The van der Waals surface area contributed by atoms with Crippen molar-refractivity contribution in [3.63, 3.8) is 0 Å². The molecule has 5 nitrogen and oxygen atoms in total. The molecule has 1 aliphatic rings. The lowest BCUT2D eigenvalue weighted by atomic mass is 9.94. The van der Waals surface area contributed by atoms with Gasteiger partial charge in [0.05, 0.1) is 0 Å². The molecule has 1 aromatic carbocycles. The molecule has 0 bridgehead atoms. The molecule has 0 aliphatic carbocycles. The normalized spacial score (nSPS) is 15.7. The van der Waals surface area contributed by atoms with E-state index in [-0.39, 0.29) is 23.8 Å². The van der Waals surface area contributed by atoms with Gasteiger partial charge in [0.25, 0.3) is 5.91 Å². The molecule has 0 radical (unpaired) electrons. The van der Waals surface area contributed by atoms with Crippen LogP contribution in [0.5, 0.6) is 5.75 Å². The zero-order chi connectivity index (χ0) is 18.6. The van der Waals surface area contributed by atoms with Crippen molar-refractivity contribution in [3.8, 4) is 5.75 Å². The molecule has 5 heteroatoms. The first-order valence-corrected chi connectivity index (χ1v) is 8.96. The number of hydrogen-bond acceptors (Lipinski definition) is 3. The molecule has 0 spiro atoms. The van der Waals surface area contributed by atoms with Crippen LogP contribution in [0.15, 0.2) is 18.2 Å². The van der Waals surface area contributed by atoms with Crippen molar-refractivity contribution in [1.29, 1.82) is 0 Å². The summed E-state index contributed by atoms with van der Waals surface area (Å²) < 4.78 is 5.73. The minimum Gasteiger partial charge on any atom is -0.483 e. The number of ether oxygens (including phenoxy) is 1. The predicted octanol–water partition coefficient (Wildman–Crippen LogP) is 2.79. The van der Waals surface area contributed by atoms with Crippen molar-refractivity contribution < 1.29 is 14.3 Å². The van der Waals surface area contributed by atoms with E-state index in [2.05, 4.69) is 0 Å². The average molecular weight is 346 g/mol. The number of nitrogens with zero attached hydrogens (tertiary/aromatic N) is 2. The molecule has 1 fully saturated rings. The molecule has 138 valence electrons. The van der Waals surface area contributed by atoms with E-state index >= 15 is 0 Å². The predicted molar refractivity (Wildman–Crippen MR) is 98.6 cm³/mol. The van der Waals surface area contributed by atoms with Crippen molar-refractivity contribution in [2.24, 2.45) is 5.41 Å². The fraction of sp³-hybridized carbons (Fsp3) is 0.600. The van der Waals surface area contributed by atoms with Gasteiger partial charge in [0.15, 0.2) is 6.61 Å². The van der Waals surface area contributed by atoms with Crippen molar-refractivity contribution in [1.82, 2.24) is 9.80 Å². The van der Waals surface area contributed by atoms with Crippen LogP contribution in [-0.4, -0.2) is 54.4 Å². The number of carbonyl (C=O) groups excluding carboxylic acids is 2. The Labute approximate surface area is 150 Å². The van der Waals surface area contributed by atoms with Gasteiger partial charge in [0.1, 0.15) is 5.75 Å². The molecule has 1 aliphatic heterocycles. The third-order valence-electron chi connectivity index (χ3n) is 4.68. The minimum absolute atomic E-state index is 0.0223. The Morgan fingerprint density at radius 2 is 1.68 bits per heavy atom. The number of aryl methyl sites for hydroxylation is 1. The van der Waals surface area contributed by atoms with Gasteiger partial charge in [0, 0.05) is 31.6 Å². The second-order valence-corrected chi connectivity index (χ2v) is 7.76. The summed E-state index contributed by atoms with van der Waals surface area (Å²) in [5.41, 5.74) is 1.83. The molecular weight excluding hydrogens is 316 g/mol. The maximum Gasteiger partial charge on any atom is 0.260 e. The fourth-order valence-corrected chi connectivity index (χ4v) is 2.96. The molecule has 1 aromatic rings. The van der Waals surface area contributed by atoms with Crippen LogP contribution in [0.1, 0.15) is 38.3 Å². The zero-order valence-corrected chi connectivity index (χ0v) is 16.1. The van der Waals surface area contributed by atoms with Crippen LogP contribution in [0, 0.1) is 19.3 Å². The first-order valence-electron chi connectivity index (χ1n) is 8.96. The summed E-state index contributed by atoms with van der Waals surface area (Å²) >= 11 is 0. The monoisotopic (exact) mass is 346 g/mol. The van der Waals surface area contributed by atoms with Gasteiger partial charge in [0.2, 0.25) is 5.91 Å². The van der Waals surface area contributed by atoms with E-state index in [4.69, 9.17) is 4.74 Å². The van der Waals surface area contributed by atoms with Crippen LogP contribution in [0.2, 0.25) is 0 Å². The number of carbonyl (C=O) groups is 2. The molecule has 0 N–H and O–H groups in total. The topological polar surface area (TPSA) is 49.9 Å². The van der Waals surface area contributed by atoms with E-state index in [1.165, 1.54) is 0 Å². The lowest BCUT2D eigenvalue weighted by molar-refractivity contribution is -0.140. The Morgan fingerprint density at radius 3 is 2.36 bits per heavy atom. The number of benzene rings is 1. The minimum atomic E-state index is -0.384. The third kappa shape index (κ3) is 4.97. The highest BCUT2D eigenvalue weighted by Gasteiger charge is 2.29. The standard InChI is InChI=1S/C20H30N2O3/c1-15-8-6-9-17(16(15)2)25-14-18(23)21-10-7-11-22(13-12-21)19(24)20(3,4)5/h6,8-9H,7,10-14H2,1-5H3. The van der Waals surface area contributed by atoms with Crippen molar-refractivity contribution in [2.45, 2.75) is 41.0 Å². The summed E-state index contributed by atoms with van der Waals surface area (Å²) in [6, 6.07) is 5.85. The molecule has 25 heavy (non-hydrogen) atoms. The average Bonchev–Trinajstić information content (AvgIpc) is 2.80. The lowest BCUT2D eigenvalue weighted by Crippen LogP contribution is -2.42. The summed E-state index contributed by atoms with van der Waals surface area (Å²) in [5, 5.41) is 0. The van der Waals surface area contributed by atoms with E-state index in [0.717, 1.165) is 23.3 Å². The van der Waals surface area contributed by atoms with E-state index in [0.29, 0.717) is 26.2 Å². The maximum absolute atomic E-state index is 12.5. The first-order chi connectivity index (χ1) is 11.7. The van der Waals surface area contributed by atoms with Gasteiger partial charge < -0.3 is 14.5 Å². The molecule has 0 unspecified atom stereocenters. The van der Waals surface area contributed by atoms with Crippen LogP contribution in [-0.2, 0) is 9.59 Å². The first kappa shape index (κ1) is 19.3. The number of rotatable bonds is 3. The highest BCUT2D eigenvalue weighted by molar-refractivity contribution is 5.82. The maximum atomic E-state index is 12.5. The second-order valence-electron chi connectivity index (χ2n) is 7.76. The second kappa shape index (κ2) is 7.89. The van der Waals surface area contributed by atoms with Gasteiger partial charge in [-0.05, 0) is 37.5 Å². The zero-order valence-electron chi connectivity index (χ0n) is 16.1. The summed E-state index contributed by atoms with van der Waals surface area (Å²) in [6.45, 7) is 12.4. The van der Waals surface area contributed by atoms with E-state index < -0.39 is 0 Å². The van der Waals surface area contributed by atoms with Crippen LogP contribution < -0.4 is 4.74 Å². The van der Waals surface area contributed by atoms with Crippen molar-refractivity contribution in [3.05, 3.63) is 29.3 Å². The Bertz CT molecular complexity index is 634. The third-order valence-corrected chi connectivity index (χ3v) is 4.68. The van der Waals surface area contributed by atoms with Gasteiger partial charge >= 0.3 is 0 Å². The molecule has 2 amide bonds. The van der Waals surface area contributed by atoms with Gasteiger partial charge in [-0.3, -0.25) is 9.59 Å². The van der Waals surface area contributed by atoms with Crippen molar-refractivity contribution >= 4 is 11.8 Å². The molecule has 0 aromatic heterocycles. The largest absolute Gasteiger partial charge is 0.483 e. The summed E-state index contributed by atoms with van der Waals surface area (Å²) in [5.74, 6) is 0.882. The highest BCUT2D eigenvalue weighted by atomic mass is 16.5. The summed E-state index contributed by atoms with van der Waals surface area (Å²) in [4.78, 5) is 28.6. The van der Waals surface area contributed by atoms with Gasteiger partial charge in [-0.1, -0.05) is 32.9 Å². The molecule has 2 rings (SSSR count). The fourth-order valence-electron chi connectivity index (χ4n) is 2.96. The molecule has 1 heterocycles. The SMILES string of the molecule is Cc1cccc(OCC(=O)N2CCCN(C(=O)C(C)(C)C)CC2)c1C. The van der Waals surface area contributed by atoms with E-state index in [9.17, 15) is 9.59 Å². The number of hydrogen-bond donors (Lipinski definition) is 0. The number of amides is 2. The molecular formula is C20H30N2O3. The quantitative estimate of drug-likeness (QED) is 0.846. The Morgan fingerprint density at radius 1 is 1.04 bits per heavy atom. The van der Waals surface area contributed by atoms with E-state index in [1.54, 1.807) is 4.90 Å². The van der Waals surface area contributed by atoms with Gasteiger partial charge in [-0.25, -0.2) is 0 Å². The van der Waals surface area contributed by atoms with Crippen molar-refractivity contribution in [2.75, 3.05) is 32.8 Å². The Kier molecular flexibility index (Phi) is 6.09. The summed E-state index contributed by atoms with van der Waals surface area (Å²) in [6.07, 6.45) is 0.803. The molecule has 1 saturated heterocycles. The van der Waals surface area contributed by atoms with Crippen LogP contribution in [0.4, 0.5) is 0 Å². The van der Waals surface area contributed by atoms with Crippen LogP contribution in [0.3, 0.4) is 0 Å². The smallest absolute Gasteiger partial charge is 0.260 e. The highest BCUT2D eigenvalue weighted by Crippen LogP contribution is 2.21. The Hall–Kier alpha value is -2.04. The van der Waals surface area contributed by atoms with E-state index in [1.807, 2.05) is 57.7 Å². The van der Waals surface area contributed by atoms with Crippen LogP contribution in [0.25, 0.3) is 0 Å². The van der Waals surface area contributed by atoms with Gasteiger partial charge in [-0.15, -0.1) is 0 Å². The summed E-state index contributed by atoms with van der Waals surface area (Å²) in [7, 11) is 0.